The van der Waals surface area contributed by atoms with Gasteiger partial charge in [-0.05, 0) is 87.5 Å². The molecule has 1 aliphatic rings. The molecule has 2 unspecified atom stereocenters. The monoisotopic (exact) mass is 639 g/mol. The number of rotatable bonds is 4. The quantitative estimate of drug-likeness (QED) is 0.465. The molecule has 0 amide bonds. The van der Waals surface area contributed by atoms with E-state index in [9.17, 15) is 10.2 Å². The van der Waals surface area contributed by atoms with Crippen molar-refractivity contribution in [2.24, 2.45) is 9.98 Å². The first-order valence-corrected chi connectivity index (χ1v) is 14.3. The van der Waals surface area contributed by atoms with Gasteiger partial charge in [-0.25, -0.2) is 0 Å². The van der Waals surface area contributed by atoms with E-state index in [0.29, 0.717) is 11.5 Å². The van der Waals surface area contributed by atoms with Gasteiger partial charge in [0, 0.05) is 46.6 Å². The van der Waals surface area contributed by atoms with E-state index in [1.54, 1.807) is 0 Å². The third-order valence-corrected chi connectivity index (χ3v) is 6.65. The number of aliphatic imine (C=N–C) groups is 2. The Bertz CT molecular complexity index is 1180. The molecule has 0 spiro atoms. The third-order valence-electron chi connectivity index (χ3n) is 6.65. The van der Waals surface area contributed by atoms with Crippen LogP contribution in [0.15, 0.2) is 34.3 Å². The van der Waals surface area contributed by atoms with E-state index in [0.717, 1.165) is 72.9 Å². The summed E-state index contributed by atoms with van der Waals surface area (Å²) in [4.78, 5) is 27.5. The Kier molecular flexibility index (Phi) is 15.9. The molecule has 0 aromatic heterocycles. The number of hydrogen-bond donors (Lipinski definition) is 2. The Morgan fingerprint density at radius 2 is 1.05 bits per heavy atom. The summed E-state index contributed by atoms with van der Waals surface area (Å²) in [6.45, 7) is 18.7. The second-order valence-corrected chi connectivity index (χ2v) is 13.0. The third kappa shape index (κ3) is 14.2. The molecule has 1 aliphatic carbocycles. The smallest absolute Gasteiger partial charge is 0.550 e. The first-order chi connectivity index (χ1) is 19.2. The van der Waals surface area contributed by atoms with Crippen LogP contribution in [0.3, 0.4) is 0 Å². The molecule has 0 heterocycles. The van der Waals surface area contributed by atoms with Gasteiger partial charge in [-0.15, -0.1) is 0 Å². The van der Waals surface area contributed by atoms with Gasteiger partial charge >= 0.3 is 16.8 Å². The molecule has 2 aromatic rings. The van der Waals surface area contributed by atoms with Crippen LogP contribution in [0.5, 0.6) is 11.5 Å². The number of aliphatic carboxylic acids is 2. The van der Waals surface area contributed by atoms with Gasteiger partial charge in [0.25, 0.3) is 0 Å². The van der Waals surface area contributed by atoms with E-state index in [1.807, 2.05) is 24.6 Å². The Morgan fingerprint density at radius 3 is 1.33 bits per heavy atom. The average molecular weight is 640 g/mol. The summed E-state index contributed by atoms with van der Waals surface area (Å²) >= 11 is 0. The van der Waals surface area contributed by atoms with Gasteiger partial charge < -0.3 is 30.0 Å². The van der Waals surface area contributed by atoms with Crippen molar-refractivity contribution < 1.29 is 46.8 Å². The predicted molar refractivity (Wildman–Crippen MR) is 166 cm³/mol. The fourth-order valence-corrected chi connectivity index (χ4v) is 4.73. The van der Waals surface area contributed by atoms with E-state index in [4.69, 9.17) is 29.8 Å². The zero-order chi connectivity index (χ0) is 32.4. The van der Waals surface area contributed by atoms with Gasteiger partial charge in [0.05, 0.1) is 12.1 Å². The molecule has 1 radical (unpaired) electrons. The maximum Gasteiger partial charge on any atom is 2.00 e. The number of aryl methyl sites for hydroxylation is 2. The first kappa shape index (κ1) is 39.8. The van der Waals surface area contributed by atoms with Crippen molar-refractivity contribution in [1.29, 1.82) is 0 Å². The SMILES string of the molecule is CC(=O)[O-].CC(=O)[O-].Cc1cc(C=NC2CCCC(N=Cc3cc(C)cc(C(C)(C)C)c3O)C2)c(O)c(C(C)(C)C)c1.[Co+2]. The minimum atomic E-state index is -1.08. The molecule has 0 aliphatic heterocycles. The van der Waals surface area contributed by atoms with Crippen LogP contribution in [0, 0.1) is 13.8 Å². The maximum atomic E-state index is 10.8. The summed E-state index contributed by atoms with van der Waals surface area (Å²) in [5.41, 5.74) is 5.48. The van der Waals surface area contributed by atoms with Crippen molar-refractivity contribution in [1.82, 2.24) is 0 Å². The van der Waals surface area contributed by atoms with Crippen molar-refractivity contribution >= 4 is 24.4 Å². The first-order valence-electron chi connectivity index (χ1n) is 14.3. The second-order valence-electron chi connectivity index (χ2n) is 13.0. The maximum absolute atomic E-state index is 10.8. The number of nitrogens with zero attached hydrogens (tertiary/aromatic N) is 2. The van der Waals surface area contributed by atoms with Crippen LogP contribution in [0.4, 0.5) is 0 Å². The molecule has 2 aromatic carbocycles. The molecule has 2 atom stereocenters. The van der Waals surface area contributed by atoms with Crippen molar-refractivity contribution in [3.63, 3.8) is 0 Å². The number of phenolic OH excluding ortho intramolecular Hbond substituents is 2. The zero-order valence-corrected chi connectivity index (χ0v) is 28.2. The number of aromatic hydroxyl groups is 2. The van der Waals surface area contributed by atoms with E-state index >= 15 is 0 Å². The normalized spacial score (nSPS) is 16.9. The van der Waals surface area contributed by atoms with Gasteiger partial charge in [-0.3, -0.25) is 9.98 Å². The van der Waals surface area contributed by atoms with Crippen LogP contribution in [0.1, 0.15) is 114 Å². The zero-order valence-electron chi connectivity index (χ0n) is 27.2. The predicted octanol–water partition coefficient (Wildman–Crippen LogP) is 4.67. The number of carbonyl (C=O) groups excluding carboxylic acids is 2. The van der Waals surface area contributed by atoms with Crippen molar-refractivity contribution in [2.45, 2.75) is 118 Å². The summed E-state index contributed by atoms with van der Waals surface area (Å²) in [6, 6.07) is 8.49. The molecule has 1 saturated carbocycles. The molecule has 9 heteroatoms. The summed E-state index contributed by atoms with van der Waals surface area (Å²) in [7, 11) is 0. The molecule has 0 saturated heterocycles. The summed E-state index contributed by atoms with van der Waals surface area (Å²) in [5.74, 6) is -1.51. The summed E-state index contributed by atoms with van der Waals surface area (Å²) < 4.78 is 0. The molecule has 8 nitrogen and oxygen atoms in total. The van der Waals surface area contributed by atoms with Crippen molar-refractivity contribution in [3.05, 3.63) is 57.6 Å². The van der Waals surface area contributed by atoms with Gasteiger partial charge in [-0.1, -0.05) is 53.7 Å². The molecule has 3 rings (SSSR count). The Balaban J connectivity index is 0.00000174. The number of phenols is 2. The van der Waals surface area contributed by atoms with Gasteiger partial charge in [0.1, 0.15) is 11.5 Å². The fraction of sp³-hybridized carbons (Fsp3) is 0.529. The van der Waals surface area contributed by atoms with Gasteiger partial charge in [0.15, 0.2) is 0 Å². The minimum absolute atomic E-state index is 0. The van der Waals surface area contributed by atoms with Crippen LogP contribution in [-0.2, 0) is 37.2 Å². The average Bonchev–Trinajstić information content (AvgIpc) is 2.83. The molecular weight excluding hydrogens is 591 g/mol. The summed E-state index contributed by atoms with van der Waals surface area (Å²) in [5, 5.41) is 39.4. The van der Waals surface area contributed by atoms with E-state index < -0.39 is 11.9 Å². The van der Waals surface area contributed by atoms with E-state index in [-0.39, 0.29) is 39.7 Å². The van der Waals surface area contributed by atoms with Crippen molar-refractivity contribution in [3.8, 4) is 11.5 Å². The van der Waals surface area contributed by atoms with Crippen LogP contribution in [0.25, 0.3) is 0 Å². The Hall–Kier alpha value is -3.17. The van der Waals surface area contributed by atoms with Gasteiger partial charge in [0.2, 0.25) is 0 Å². The Morgan fingerprint density at radius 1 is 0.744 bits per heavy atom. The number of carboxylic acids is 2. The molecule has 43 heavy (non-hydrogen) atoms. The van der Waals surface area contributed by atoms with Gasteiger partial charge in [-0.2, -0.15) is 0 Å². The molecular formula is C34H48CoN2O6. The molecule has 2 N–H and O–H groups in total. The number of carbonyl (C=O) groups is 2. The molecule has 1 fully saturated rings. The number of hydrogen-bond acceptors (Lipinski definition) is 8. The van der Waals surface area contributed by atoms with Crippen LogP contribution >= 0.6 is 0 Å². The second kappa shape index (κ2) is 17.2. The number of carboxylic acid groups (broad SMARTS) is 2. The topological polar surface area (TPSA) is 145 Å². The van der Waals surface area contributed by atoms with E-state index in [1.165, 1.54) is 0 Å². The molecule has 0 bridgehead atoms. The van der Waals surface area contributed by atoms with Crippen LogP contribution in [-0.4, -0.2) is 46.7 Å². The van der Waals surface area contributed by atoms with Crippen LogP contribution < -0.4 is 10.2 Å². The molecule has 239 valence electrons. The minimum Gasteiger partial charge on any atom is -0.550 e. The fourth-order valence-electron chi connectivity index (χ4n) is 4.73. The van der Waals surface area contributed by atoms with Crippen LogP contribution in [0.2, 0.25) is 0 Å². The number of benzene rings is 2. The summed E-state index contributed by atoms with van der Waals surface area (Å²) in [6.07, 6.45) is 7.71. The van der Waals surface area contributed by atoms with E-state index in [2.05, 4.69) is 67.5 Å². The largest absolute Gasteiger partial charge is 2.00 e. The standard InChI is InChI=1S/C30H42N2O2.2C2H4O2.Co/c1-19-12-21(27(33)25(14-19)29(3,4)5)17-31-23-10-9-11-24(16-23)32-18-22-13-20(2)15-26(28(22)34)30(6,7)8;2*1-2(3)4;/h12-15,17-18,23-24,33-34H,9-11,16H2,1-8H3;2*1H3,(H,3,4);/q;;;+2/p-2. The van der Waals surface area contributed by atoms with Crippen molar-refractivity contribution in [2.75, 3.05) is 0 Å². The Labute approximate surface area is 267 Å².